The number of hydrogen-bond acceptors (Lipinski definition) is 3. The highest BCUT2D eigenvalue weighted by atomic mass is 16.4. The van der Waals surface area contributed by atoms with Gasteiger partial charge in [-0.05, 0) is 40.0 Å². The van der Waals surface area contributed by atoms with E-state index in [2.05, 4.69) is 24.6 Å². The van der Waals surface area contributed by atoms with E-state index in [0.717, 1.165) is 19.3 Å². The van der Waals surface area contributed by atoms with Crippen molar-refractivity contribution in [3.05, 3.63) is 0 Å². The smallest absolute Gasteiger partial charge is 0.330 e. The van der Waals surface area contributed by atoms with Gasteiger partial charge in [-0.1, -0.05) is 19.8 Å². The lowest BCUT2D eigenvalue weighted by atomic mass is 9.96. The Morgan fingerprint density at radius 2 is 1.85 bits per heavy atom. The predicted octanol–water partition coefficient (Wildman–Crippen LogP) is 2.11. The number of carboxylic acid groups (broad SMARTS) is 1. The molecule has 20 heavy (non-hydrogen) atoms. The molecule has 0 radical (unpaired) electrons. The molecule has 1 aliphatic rings. The highest BCUT2D eigenvalue weighted by molar-refractivity contribution is 5.85. The molecule has 3 atom stereocenters. The molecule has 0 aromatic heterocycles. The van der Waals surface area contributed by atoms with Crippen LogP contribution in [-0.4, -0.2) is 39.7 Å². The number of hydrazine groups is 1. The number of aliphatic carboxylic acids is 1. The summed E-state index contributed by atoms with van der Waals surface area (Å²) >= 11 is 0. The Labute approximate surface area is 120 Å². The van der Waals surface area contributed by atoms with Gasteiger partial charge in [-0.15, -0.1) is 0 Å². The zero-order valence-corrected chi connectivity index (χ0v) is 12.9. The van der Waals surface area contributed by atoms with Crippen molar-refractivity contribution in [2.75, 3.05) is 0 Å². The van der Waals surface area contributed by atoms with Crippen LogP contribution in [-0.2, 0) is 4.79 Å². The Bertz CT molecular complexity index is 352. The number of nitrogens with one attached hydrogen (secondary N) is 2. The zero-order valence-electron chi connectivity index (χ0n) is 12.9. The number of hydrogen-bond donors (Lipinski definition) is 3. The topological polar surface area (TPSA) is 81.7 Å². The van der Waals surface area contributed by atoms with Gasteiger partial charge in [-0.3, -0.25) is 5.43 Å². The van der Waals surface area contributed by atoms with Gasteiger partial charge in [0.15, 0.2) is 0 Å². The van der Waals surface area contributed by atoms with E-state index in [1.54, 1.807) is 6.92 Å². The van der Waals surface area contributed by atoms with Crippen LogP contribution in [0.2, 0.25) is 0 Å². The molecule has 0 aliphatic carbocycles. The summed E-state index contributed by atoms with van der Waals surface area (Å²) in [7, 11) is 0. The molecule has 1 fully saturated rings. The van der Waals surface area contributed by atoms with E-state index in [4.69, 9.17) is 0 Å². The molecular weight excluding hydrogens is 258 g/mol. The summed E-state index contributed by atoms with van der Waals surface area (Å²) in [6.45, 7) is 7.58. The summed E-state index contributed by atoms with van der Waals surface area (Å²) in [5, 5.41) is 13.8. The van der Waals surface area contributed by atoms with Crippen molar-refractivity contribution < 1.29 is 14.7 Å². The number of carboxylic acids is 1. The first-order valence-corrected chi connectivity index (χ1v) is 7.40. The normalized spacial score (nSPS) is 26.6. The van der Waals surface area contributed by atoms with Crippen LogP contribution in [0.25, 0.3) is 0 Å². The van der Waals surface area contributed by atoms with Crippen LogP contribution in [0.1, 0.15) is 59.8 Å². The average Bonchev–Trinajstić information content (AvgIpc) is 2.34. The maximum absolute atomic E-state index is 12.1. The maximum Gasteiger partial charge on any atom is 0.330 e. The highest BCUT2D eigenvalue weighted by Gasteiger charge is 2.35. The van der Waals surface area contributed by atoms with Gasteiger partial charge >= 0.3 is 12.0 Å². The van der Waals surface area contributed by atoms with Gasteiger partial charge in [0.05, 0.1) is 0 Å². The van der Waals surface area contributed by atoms with E-state index < -0.39 is 17.5 Å². The number of urea groups is 1. The third-order valence-corrected chi connectivity index (χ3v) is 4.04. The summed E-state index contributed by atoms with van der Waals surface area (Å²) in [5.74, 6) is -1.01. The van der Waals surface area contributed by atoms with E-state index in [-0.39, 0.29) is 12.1 Å². The van der Waals surface area contributed by atoms with Crippen LogP contribution in [0.15, 0.2) is 0 Å². The van der Waals surface area contributed by atoms with Crippen molar-refractivity contribution in [2.45, 2.75) is 77.4 Å². The SMILES string of the molecule is CCCC(C)(NC(=O)NN1C(C)CCCC1C)C(=O)O. The zero-order chi connectivity index (χ0) is 15.3. The minimum Gasteiger partial charge on any atom is -0.480 e. The summed E-state index contributed by atoms with van der Waals surface area (Å²) in [5.41, 5.74) is 1.59. The molecule has 0 aromatic carbocycles. The fourth-order valence-electron chi connectivity index (χ4n) is 2.76. The van der Waals surface area contributed by atoms with Crippen molar-refractivity contribution in [1.82, 2.24) is 15.8 Å². The molecule has 1 aliphatic heterocycles. The second kappa shape index (κ2) is 6.92. The monoisotopic (exact) mass is 285 g/mol. The van der Waals surface area contributed by atoms with Crippen LogP contribution in [0.5, 0.6) is 0 Å². The van der Waals surface area contributed by atoms with Gasteiger partial charge in [0.2, 0.25) is 0 Å². The highest BCUT2D eigenvalue weighted by Crippen LogP contribution is 2.20. The lowest BCUT2D eigenvalue weighted by Gasteiger charge is -2.39. The number of rotatable bonds is 5. The van der Waals surface area contributed by atoms with Gasteiger partial charge in [0, 0.05) is 12.1 Å². The van der Waals surface area contributed by atoms with Crippen molar-refractivity contribution in [1.29, 1.82) is 0 Å². The first-order valence-electron chi connectivity index (χ1n) is 7.40. The van der Waals surface area contributed by atoms with Gasteiger partial charge in [-0.25, -0.2) is 14.6 Å². The van der Waals surface area contributed by atoms with Crippen molar-refractivity contribution >= 4 is 12.0 Å². The van der Waals surface area contributed by atoms with Crippen LogP contribution in [0, 0.1) is 0 Å². The number of carbonyl (C=O) groups excluding carboxylic acids is 1. The Hall–Kier alpha value is -1.30. The molecule has 0 saturated carbocycles. The molecule has 116 valence electrons. The molecule has 6 heteroatoms. The number of piperidine rings is 1. The lowest BCUT2D eigenvalue weighted by Crippen LogP contribution is -2.61. The minimum atomic E-state index is -1.22. The van der Waals surface area contributed by atoms with Crippen molar-refractivity contribution in [3.8, 4) is 0 Å². The van der Waals surface area contributed by atoms with E-state index >= 15 is 0 Å². The standard InChI is InChI=1S/C14H27N3O3/c1-5-9-14(4,12(18)19)15-13(20)16-17-10(2)7-6-8-11(17)3/h10-11H,5-9H2,1-4H3,(H,18,19)(H2,15,16,20). The second-order valence-electron chi connectivity index (χ2n) is 5.99. The molecule has 1 heterocycles. The predicted molar refractivity (Wildman–Crippen MR) is 77.2 cm³/mol. The van der Waals surface area contributed by atoms with E-state index in [0.29, 0.717) is 12.8 Å². The third-order valence-electron chi connectivity index (χ3n) is 4.04. The van der Waals surface area contributed by atoms with Gasteiger partial charge in [-0.2, -0.15) is 0 Å². The fourth-order valence-corrected chi connectivity index (χ4v) is 2.76. The Kier molecular flexibility index (Phi) is 5.80. The van der Waals surface area contributed by atoms with E-state index in [1.807, 2.05) is 11.9 Å². The van der Waals surface area contributed by atoms with Crippen LogP contribution in [0.4, 0.5) is 4.79 Å². The first kappa shape index (κ1) is 16.8. The number of amides is 2. The average molecular weight is 285 g/mol. The molecule has 0 spiro atoms. The van der Waals surface area contributed by atoms with Gasteiger partial charge in [0.25, 0.3) is 0 Å². The minimum absolute atomic E-state index is 0.270. The first-order chi connectivity index (χ1) is 9.30. The molecule has 2 amide bonds. The van der Waals surface area contributed by atoms with E-state index in [9.17, 15) is 14.7 Å². The van der Waals surface area contributed by atoms with Gasteiger partial charge < -0.3 is 10.4 Å². The molecule has 3 unspecified atom stereocenters. The lowest BCUT2D eigenvalue weighted by molar-refractivity contribution is -0.144. The van der Waals surface area contributed by atoms with Crippen LogP contribution < -0.4 is 10.7 Å². The summed E-state index contributed by atoms with van der Waals surface area (Å²) in [6.07, 6.45) is 4.33. The second-order valence-corrected chi connectivity index (χ2v) is 5.99. The number of carbonyl (C=O) groups is 2. The number of nitrogens with zero attached hydrogens (tertiary/aromatic N) is 1. The fraction of sp³-hybridized carbons (Fsp3) is 0.857. The molecule has 0 bridgehead atoms. The molecule has 0 aromatic rings. The van der Waals surface area contributed by atoms with Crippen LogP contribution >= 0.6 is 0 Å². The summed E-state index contributed by atoms with van der Waals surface area (Å²) in [6, 6.07) is 0.0995. The van der Waals surface area contributed by atoms with E-state index in [1.165, 1.54) is 0 Å². The van der Waals surface area contributed by atoms with Gasteiger partial charge in [0.1, 0.15) is 5.54 Å². The summed E-state index contributed by atoms with van der Waals surface area (Å²) in [4.78, 5) is 23.4. The maximum atomic E-state index is 12.1. The quantitative estimate of drug-likeness (QED) is 0.722. The molecular formula is C14H27N3O3. The molecule has 1 saturated heterocycles. The Balaban J connectivity index is 2.63. The summed E-state index contributed by atoms with van der Waals surface area (Å²) < 4.78 is 0. The molecule has 3 N–H and O–H groups in total. The van der Waals surface area contributed by atoms with Crippen molar-refractivity contribution in [2.24, 2.45) is 0 Å². The Morgan fingerprint density at radius 3 is 2.30 bits per heavy atom. The van der Waals surface area contributed by atoms with Crippen LogP contribution in [0.3, 0.4) is 0 Å². The Morgan fingerprint density at radius 1 is 1.30 bits per heavy atom. The largest absolute Gasteiger partial charge is 0.480 e. The van der Waals surface area contributed by atoms with Crippen molar-refractivity contribution in [3.63, 3.8) is 0 Å². The third kappa shape index (κ3) is 4.10. The molecule has 1 rings (SSSR count). The molecule has 6 nitrogen and oxygen atoms in total.